The van der Waals surface area contributed by atoms with E-state index in [2.05, 4.69) is 22.1 Å². The van der Waals surface area contributed by atoms with Crippen LogP contribution in [0.5, 0.6) is 0 Å². The van der Waals surface area contributed by atoms with Crippen molar-refractivity contribution >= 4 is 5.78 Å². The number of nitrogens with zero attached hydrogens (tertiary/aromatic N) is 2. The Morgan fingerprint density at radius 3 is 3.00 bits per heavy atom. The quantitative estimate of drug-likeness (QED) is 0.690. The van der Waals surface area contributed by atoms with Crippen LogP contribution >= 0.6 is 0 Å². The minimum Gasteiger partial charge on any atom is -0.291 e. The van der Waals surface area contributed by atoms with Gasteiger partial charge in [0.05, 0.1) is 0 Å². The van der Waals surface area contributed by atoms with Gasteiger partial charge in [-0.25, -0.2) is 4.98 Å². The zero-order valence-corrected chi connectivity index (χ0v) is 7.37. The first kappa shape index (κ1) is 8.90. The molecule has 66 valence electrons. The van der Waals surface area contributed by atoms with Crippen molar-refractivity contribution in [3.05, 3.63) is 12.2 Å². The largest absolute Gasteiger partial charge is 0.291 e. The number of carbonyl (C=O) groups excluding carboxylic acids is 1. The van der Waals surface area contributed by atoms with Crippen molar-refractivity contribution in [1.29, 1.82) is 0 Å². The van der Waals surface area contributed by atoms with Crippen molar-refractivity contribution in [2.24, 2.45) is 5.92 Å². The van der Waals surface area contributed by atoms with Crippen LogP contribution in [0.15, 0.2) is 6.33 Å². The highest BCUT2D eigenvalue weighted by molar-refractivity contribution is 5.92. The predicted molar refractivity (Wildman–Crippen MR) is 44.8 cm³/mol. The Balaban J connectivity index is 2.50. The van der Waals surface area contributed by atoms with Gasteiger partial charge in [-0.2, -0.15) is 5.10 Å². The highest BCUT2D eigenvalue weighted by atomic mass is 16.1. The van der Waals surface area contributed by atoms with Crippen molar-refractivity contribution in [3.63, 3.8) is 0 Å². The number of Topliss-reactive ketones (excluding diaryl/α,β-unsaturated/α-hetero) is 1. The molecule has 12 heavy (non-hydrogen) atoms. The summed E-state index contributed by atoms with van der Waals surface area (Å²) in [5.41, 5.74) is 0. The molecule has 0 aliphatic heterocycles. The SMILES string of the molecule is CCC(C)CC(=O)c1ncn[nH]1. The first-order valence-corrected chi connectivity index (χ1v) is 4.12. The molecular formula is C8H13N3O. The van der Waals surface area contributed by atoms with E-state index >= 15 is 0 Å². The first-order chi connectivity index (χ1) is 5.74. The Hall–Kier alpha value is -1.19. The van der Waals surface area contributed by atoms with E-state index in [4.69, 9.17) is 0 Å². The minimum absolute atomic E-state index is 0.0434. The normalized spacial score (nSPS) is 12.8. The molecule has 1 aromatic rings. The minimum atomic E-state index is 0.0434. The summed E-state index contributed by atoms with van der Waals surface area (Å²) in [6.07, 6.45) is 2.91. The lowest BCUT2D eigenvalue weighted by molar-refractivity contribution is 0.0954. The van der Waals surface area contributed by atoms with Crippen LogP contribution in [0.3, 0.4) is 0 Å². The van der Waals surface area contributed by atoms with E-state index in [-0.39, 0.29) is 5.78 Å². The zero-order valence-electron chi connectivity index (χ0n) is 7.37. The Morgan fingerprint density at radius 1 is 1.75 bits per heavy atom. The molecule has 1 unspecified atom stereocenters. The molecule has 0 saturated carbocycles. The summed E-state index contributed by atoms with van der Waals surface area (Å²) in [4.78, 5) is 15.1. The van der Waals surface area contributed by atoms with Crippen LogP contribution in [0, 0.1) is 5.92 Å². The number of ketones is 1. The number of hydrogen-bond donors (Lipinski definition) is 1. The van der Waals surface area contributed by atoms with Gasteiger partial charge in [0.25, 0.3) is 0 Å². The second kappa shape index (κ2) is 3.99. The van der Waals surface area contributed by atoms with Gasteiger partial charge in [-0.1, -0.05) is 20.3 Å². The van der Waals surface area contributed by atoms with E-state index in [1.54, 1.807) is 0 Å². The Kier molecular flexibility index (Phi) is 2.96. The van der Waals surface area contributed by atoms with Crippen molar-refractivity contribution in [1.82, 2.24) is 15.2 Å². The maximum absolute atomic E-state index is 11.3. The average molecular weight is 167 g/mol. The summed E-state index contributed by atoms with van der Waals surface area (Å²) in [6, 6.07) is 0. The molecule has 0 amide bonds. The zero-order chi connectivity index (χ0) is 8.97. The molecule has 0 aliphatic carbocycles. The van der Waals surface area contributed by atoms with Crippen LogP contribution in [0.4, 0.5) is 0 Å². The van der Waals surface area contributed by atoms with Crippen LogP contribution in [0.1, 0.15) is 37.3 Å². The van der Waals surface area contributed by atoms with Gasteiger partial charge in [0.15, 0.2) is 11.6 Å². The molecule has 1 heterocycles. The van der Waals surface area contributed by atoms with Crippen molar-refractivity contribution < 1.29 is 4.79 Å². The predicted octanol–water partition coefficient (Wildman–Crippen LogP) is 1.42. The number of aromatic amines is 1. The number of H-pyrrole nitrogens is 1. The second-order valence-corrected chi connectivity index (χ2v) is 2.97. The molecule has 0 aliphatic rings. The van der Waals surface area contributed by atoms with Gasteiger partial charge < -0.3 is 0 Å². The summed E-state index contributed by atoms with van der Waals surface area (Å²) in [5.74, 6) is 0.833. The topological polar surface area (TPSA) is 58.6 Å². The number of rotatable bonds is 4. The molecule has 0 radical (unpaired) electrons. The van der Waals surface area contributed by atoms with E-state index in [0.717, 1.165) is 6.42 Å². The van der Waals surface area contributed by atoms with Crippen LogP contribution in [0.2, 0.25) is 0 Å². The third-order valence-electron chi connectivity index (χ3n) is 1.91. The molecule has 0 spiro atoms. The van der Waals surface area contributed by atoms with Crippen LogP contribution in [-0.2, 0) is 0 Å². The highest BCUT2D eigenvalue weighted by Gasteiger charge is 2.11. The van der Waals surface area contributed by atoms with Crippen LogP contribution in [0.25, 0.3) is 0 Å². The van der Waals surface area contributed by atoms with Gasteiger partial charge in [0.1, 0.15) is 6.33 Å². The Morgan fingerprint density at radius 2 is 2.50 bits per heavy atom. The summed E-state index contributed by atoms with van der Waals surface area (Å²) in [6.45, 7) is 4.12. The van der Waals surface area contributed by atoms with Gasteiger partial charge in [-0.3, -0.25) is 9.89 Å². The number of hydrogen-bond acceptors (Lipinski definition) is 3. The van der Waals surface area contributed by atoms with E-state index in [1.807, 2.05) is 6.92 Å². The summed E-state index contributed by atoms with van der Waals surface area (Å²) in [7, 11) is 0. The summed E-state index contributed by atoms with van der Waals surface area (Å²) < 4.78 is 0. The molecule has 1 N–H and O–H groups in total. The lowest BCUT2D eigenvalue weighted by atomic mass is 10.0. The Bertz CT molecular complexity index is 243. The molecule has 0 bridgehead atoms. The summed E-state index contributed by atoms with van der Waals surface area (Å²) >= 11 is 0. The molecule has 1 rings (SSSR count). The van der Waals surface area contributed by atoms with Crippen LogP contribution < -0.4 is 0 Å². The molecule has 0 aromatic carbocycles. The summed E-state index contributed by atoms with van der Waals surface area (Å²) in [5, 5.41) is 6.18. The van der Waals surface area contributed by atoms with Gasteiger partial charge >= 0.3 is 0 Å². The number of nitrogens with one attached hydrogen (secondary N) is 1. The Labute approximate surface area is 71.4 Å². The molecular weight excluding hydrogens is 154 g/mol. The van der Waals surface area contributed by atoms with Gasteiger partial charge in [0, 0.05) is 6.42 Å². The van der Waals surface area contributed by atoms with Gasteiger partial charge in [0.2, 0.25) is 0 Å². The highest BCUT2D eigenvalue weighted by Crippen LogP contribution is 2.09. The lowest BCUT2D eigenvalue weighted by Gasteiger charge is -2.03. The van der Waals surface area contributed by atoms with Crippen molar-refractivity contribution in [2.75, 3.05) is 0 Å². The molecule has 4 heteroatoms. The maximum atomic E-state index is 11.3. The van der Waals surface area contributed by atoms with Crippen LogP contribution in [-0.4, -0.2) is 21.0 Å². The fourth-order valence-electron chi connectivity index (χ4n) is 0.897. The van der Waals surface area contributed by atoms with E-state index < -0.39 is 0 Å². The third-order valence-corrected chi connectivity index (χ3v) is 1.91. The van der Waals surface area contributed by atoms with Gasteiger partial charge in [-0.05, 0) is 5.92 Å². The lowest BCUT2D eigenvalue weighted by Crippen LogP contribution is -2.07. The van der Waals surface area contributed by atoms with E-state index in [0.29, 0.717) is 18.2 Å². The molecule has 0 saturated heterocycles. The molecule has 1 aromatic heterocycles. The molecule has 4 nitrogen and oxygen atoms in total. The van der Waals surface area contributed by atoms with E-state index in [9.17, 15) is 4.79 Å². The molecule has 0 fully saturated rings. The third kappa shape index (κ3) is 2.15. The standard InChI is InChI=1S/C8H13N3O/c1-3-6(2)4-7(12)8-9-5-10-11-8/h5-6H,3-4H2,1-2H3,(H,9,10,11). The smallest absolute Gasteiger partial charge is 0.199 e. The molecule has 1 atom stereocenters. The number of carbonyl (C=O) groups is 1. The number of aromatic nitrogens is 3. The first-order valence-electron chi connectivity index (χ1n) is 4.12. The fourth-order valence-corrected chi connectivity index (χ4v) is 0.897. The van der Waals surface area contributed by atoms with E-state index in [1.165, 1.54) is 6.33 Å². The monoisotopic (exact) mass is 167 g/mol. The van der Waals surface area contributed by atoms with Crippen molar-refractivity contribution in [2.45, 2.75) is 26.7 Å². The second-order valence-electron chi connectivity index (χ2n) is 2.97. The average Bonchev–Trinajstić information content (AvgIpc) is 2.56. The van der Waals surface area contributed by atoms with Crippen molar-refractivity contribution in [3.8, 4) is 0 Å². The fraction of sp³-hybridized carbons (Fsp3) is 0.625. The van der Waals surface area contributed by atoms with Gasteiger partial charge in [-0.15, -0.1) is 0 Å². The maximum Gasteiger partial charge on any atom is 0.199 e.